The molecular formula is C25H35N3O2. The van der Waals surface area contributed by atoms with Crippen LogP contribution in [0, 0.1) is 12.8 Å². The van der Waals surface area contributed by atoms with Crippen LogP contribution in [0.3, 0.4) is 0 Å². The lowest BCUT2D eigenvalue weighted by molar-refractivity contribution is -0.127. The number of aromatic nitrogens is 1. The Morgan fingerprint density at radius 1 is 1.10 bits per heavy atom. The van der Waals surface area contributed by atoms with Crippen molar-refractivity contribution in [2.75, 3.05) is 13.1 Å². The van der Waals surface area contributed by atoms with Gasteiger partial charge < -0.3 is 9.73 Å². The van der Waals surface area contributed by atoms with Crippen LogP contribution >= 0.6 is 0 Å². The smallest absolute Gasteiger partial charge is 0.226 e. The molecule has 0 spiro atoms. The number of benzene rings is 1. The minimum Gasteiger partial charge on any atom is -0.441 e. The summed E-state index contributed by atoms with van der Waals surface area (Å²) in [6, 6.07) is 8.86. The van der Waals surface area contributed by atoms with Gasteiger partial charge >= 0.3 is 0 Å². The summed E-state index contributed by atoms with van der Waals surface area (Å²) in [6.07, 6.45) is 9.03. The van der Waals surface area contributed by atoms with Gasteiger partial charge in [0.1, 0.15) is 5.76 Å². The summed E-state index contributed by atoms with van der Waals surface area (Å²) in [5.41, 5.74) is 3.35. The van der Waals surface area contributed by atoms with Crippen molar-refractivity contribution in [3.05, 3.63) is 41.3 Å². The zero-order valence-electron chi connectivity index (χ0n) is 18.5. The highest BCUT2D eigenvalue weighted by Crippen LogP contribution is 2.25. The second-order valence-electron chi connectivity index (χ2n) is 8.97. The van der Waals surface area contributed by atoms with Crippen LogP contribution in [-0.2, 0) is 17.8 Å². The van der Waals surface area contributed by atoms with E-state index in [1.165, 1.54) is 24.8 Å². The number of rotatable bonds is 6. The highest BCUT2D eigenvalue weighted by Gasteiger charge is 2.27. The molecule has 0 atom stereocenters. The van der Waals surface area contributed by atoms with Crippen molar-refractivity contribution in [2.45, 2.75) is 77.8 Å². The van der Waals surface area contributed by atoms with Crippen molar-refractivity contribution in [3.8, 4) is 11.5 Å². The molecule has 1 aromatic heterocycles. The molecule has 1 saturated carbocycles. The molecule has 0 radical (unpaired) electrons. The maximum Gasteiger partial charge on any atom is 0.226 e. The average Bonchev–Trinajstić information content (AvgIpc) is 3.15. The number of nitrogens with one attached hydrogen (secondary N) is 1. The summed E-state index contributed by atoms with van der Waals surface area (Å²) in [5.74, 6) is 2.03. The fourth-order valence-corrected chi connectivity index (χ4v) is 4.71. The molecule has 162 valence electrons. The molecule has 1 N–H and O–H groups in total. The van der Waals surface area contributed by atoms with E-state index in [1.807, 2.05) is 6.92 Å². The van der Waals surface area contributed by atoms with Gasteiger partial charge in [-0.15, -0.1) is 0 Å². The van der Waals surface area contributed by atoms with Gasteiger partial charge in [-0.2, -0.15) is 0 Å². The molecule has 2 aliphatic rings. The molecule has 2 aromatic rings. The van der Waals surface area contributed by atoms with Gasteiger partial charge in [0.2, 0.25) is 11.8 Å². The Labute approximate surface area is 180 Å². The predicted molar refractivity (Wildman–Crippen MR) is 119 cm³/mol. The summed E-state index contributed by atoms with van der Waals surface area (Å²) in [6.45, 7) is 6.83. The zero-order valence-corrected chi connectivity index (χ0v) is 18.5. The Kier molecular flexibility index (Phi) is 6.88. The molecule has 30 heavy (non-hydrogen) atoms. The van der Waals surface area contributed by atoms with Crippen LogP contribution in [0.2, 0.25) is 0 Å². The van der Waals surface area contributed by atoms with Gasteiger partial charge in [0, 0.05) is 24.1 Å². The van der Waals surface area contributed by atoms with Crippen LogP contribution in [0.4, 0.5) is 0 Å². The topological polar surface area (TPSA) is 58.4 Å². The molecular weight excluding hydrogens is 374 g/mol. The largest absolute Gasteiger partial charge is 0.441 e. The van der Waals surface area contributed by atoms with Crippen molar-refractivity contribution in [2.24, 2.45) is 5.92 Å². The van der Waals surface area contributed by atoms with Gasteiger partial charge in [0.15, 0.2) is 0 Å². The number of oxazole rings is 1. The minimum atomic E-state index is 0.161. The molecule has 1 aliphatic heterocycles. The Hall–Kier alpha value is -2.14. The van der Waals surface area contributed by atoms with Gasteiger partial charge in [-0.05, 0) is 69.8 Å². The Balaban J connectivity index is 1.29. The lowest BCUT2D eigenvalue weighted by atomic mass is 9.92. The molecule has 1 aromatic carbocycles. The number of carbonyl (C=O) groups excluding carboxylic acids is 1. The maximum absolute atomic E-state index is 12.6. The Morgan fingerprint density at radius 3 is 2.47 bits per heavy atom. The van der Waals surface area contributed by atoms with Crippen LogP contribution in [0.25, 0.3) is 11.5 Å². The van der Waals surface area contributed by atoms with Crippen molar-refractivity contribution >= 4 is 5.91 Å². The molecule has 1 amide bonds. The lowest BCUT2D eigenvalue weighted by Gasteiger charge is -2.32. The number of likely N-dealkylation sites (tertiary alicyclic amines) is 1. The van der Waals surface area contributed by atoms with Crippen LogP contribution in [0.1, 0.15) is 68.9 Å². The number of hydrogen-bond acceptors (Lipinski definition) is 4. The standard InChI is InChI=1S/C25H35N3O2/c1-3-19-9-11-21(12-10-19)25-27-23(18(2)30-25)17-28-15-13-20(14-16-28)24(29)26-22-7-5-4-6-8-22/h9-12,20,22H,3-8,13-17H2,1-2H3,(H,26,29). The minimum absolute atomic E-state index is 0.161. The molecule has 4 rings (SSSR count). The van der Waals surface area contributed by atoms with Gasteiger partial charge in [-0.3, -0.25) is 9.69 Å². The first-order valence-electron chi connectivity index (χ1n) is 11.7. The van der Waals surface area contributed by atoms with E-state index in [4.69, 9.17) is 9.40 Å². The average molecular weight is 410 g/mol. The Bertz CT molecular complexity index is 829. The lowest BCUT2D eigenvalue weighted by Crippen LogP contribution is -2.44. The first-order valence-corrected chi connectivity index (χ1v) is 11.7. The number of carbonyl (C=O) groups is 1. The van der Waals surface area contributed by atoms with Crippen molar-refractivity contribution in [1.82, 2.24) is 15.2 Å². The summed E-state index contributed by atoms with van der Waals surface area (Å²) in [7, 11) is 0. The highest BCUT2D eigenvalue weighted by molar-refractivity contribution is 5.79. The third-order valence-electron chi connectivity index (χ3n) is 6.79. The third-order valence-corrected chi connectivity index (χ3v) is 6.79. The molecule has 5 heteroatoms. The van der Waals surface area contributed by atoms with Crippen molar-refractivity contribution in [3.63, 3.8) is 0 Å². The Morgan fingerprint density at radius 2 is 1.80 bits per heavy atom. The second kappa shape index (κ2) is 9.78. The monoisotopic (exact) mass is 409 g/mol. The number of amides is 1. The van der Waals surface area contributed by atoms with Crippen molar-refractivity contribution in [1.29, 1.82) is 0 Å². The first-order chi connectivity index (χ1) is 14.6. The van der Waals surface area contributed by atoms with Gasteiger partial charge in [0.05, 0.1) is 5.69 Å². The molecule has 2 heterocycles. The number of nitrogens with zero attached hydrogens (tertiary/aromatic N) is 2. The molecule has 0 unspecified atom stereocenters. The van der Waals surface area contributed by atoms with Gasteiger partial charge in [-0.25, -0.2) is 4.98 Å². The van der Waals surface area contributed by atoms with E-state index in [-0.39, 0.29) is 11.8 Å². The second-order valence-corrected chi connectivity index (χ2v) is 8.97. The van der Waals surface area contributed by atoms with Gasteiger partial charge in [0.25, 0.3) is 0 Å². The highest BCUT2D eigenvalue weighted by atomic mass is 16.4. The molecule has 5 nitrogen and oxygen atoms in total. The first kappa shape index (κ1) is 21.1. The normalized spacial score (nSPS) is 19.1. The van der Waals surface area contributed by atoms with E-state index in [1.54, 1.807) is 0 Å². The van der Waals surface area contributed by atoms with E-state index in [9.17, 15) is 4.79 Å². The fraction of sp³-hybridized carbons (Fsp3) is 0.600. The van der Waals surface area contributed by atoms with Crippen LogP contribution in [-0.4, -0.2) is 34.9 Å². The van der Waals surface area contributed by atoms with E-state index < -0.39 is 0 Å². The summed E-state index contributed by atoms with van der Waals surface area (Å²) < 4.78 is 5.96. The number of aryl methyl sites for hydroxylation is 2. The SMILES string of the molecule is CCc1ccc(-c2nc(CN3CCC(C(=O)NC4CCCCC4)CC3)c(C)o2)cc1. The van der Waals surface area contributed by atoms with E-state index in [0.29, 0.717) is 11.9 Å². The van der Waals surface area contributed by atoms with E-state index in [2.05, 4.69) is 41.4 Å². The number of hydrogen-bond donors (Lipinski definition) is 1. The third kappa shape index (κ3) is 5.12. The summed E-state index contributed by atoms with van der Waals surface area (Å²) >= 11 is 0. The molecule has 2 fully saturated rings. The van der Waals surface area contributed by atoms with Gasteiger partial charge in [-0.1, -0.05) is 38.3 Å². The van der Waals surface area contributed by atoms with Crippen LogP contribution < -0.4 is 5.32 Å². The number of piperidine rings is 1. The predicted octanol–water partition coefficient (Wildman–Crippen LogP) is 4.87. The van der Waals surface area contributed by atoms with E-state index in [0.717, 1.165) is 68.8 Å². The zero-order chi connectivity index (χ0) is 20.9. The molecule has 0 bridgehead atoms. The van der Waals surface area contributed by atoms with Crippen molar-refractivity contribution < 1.29 is 9.21 Å². The molecule has 1 saturated heterocycles. The van der Waals surface area contributed by atoms with E-state index >= 15 is 0 Å². The van der Waals surface area contributed by atoms with Crippen LogP contribution in [0.15, 0.2) is 28.7 Å². The maximum atomic E-state index is 12.6. The fourth-order valence-electron chi connectivity index (χ4n) is 4.71. The summed E-state index contributed by atoms with van der Waals surface area (Å²) in [4.78, 5) is 19.8. The molecule has 1 aliphatic carbocycles. The quantitative estimate of drug-likeness (QED) is 0.739. The van der Waals surface area contributed by atoms with Crippen LogP contribution in [0.5, 0.6) is 0 Å². The summed E-state index contributed by atoms with van der Waals surface area (Å²) in [5, 5.41) is 3.31.